The fourth-order valence-electron chi connectivity index (χ4n) is 4.42. The monoisotopic (exact) mass is 421 g/mol. The molecule has 1 N–H and O–H groups in total. The fourth-order valence-corrected chi connectivity index (χ4v) is 4.42. The van der Waals surface area contributed by atoms with Gasteiger partial charge in [-0.15, -0.1) is 0 Å². The van der Waals surface area contributed by atoms with Crippen LogP contribution in [-0.4, -0.2) is 51.1 Å². The zero-order valence-corrected chi connectivity index (χ0v) is 17.9. The van der Waals surface area contributed by atoms with E-state index in [4.69, 9.17) is 4.98 Å². The van der Waals surface area contributed by atoms with Gasteiger partial charge in [0.1, 0.15) is 17.7 Å². The van der Waals surface area contributed by atoms with E-state index < -0.39 is 0 Å². The Kier molecular flexibility index (Phi) is 4.45. The van der Waals surface area contributed by atoms with Crippen molar-refractivity contribution in [3.63, 3.8) is 0 Å². The van der Waals surface area contributed by atoms with Crippen molar-refractivity contribution in [3.8, 4) is 11.1 Å². The van der Waals surface area contributed by atoms with E-state index in [-0.39, 0.29) is 0 Å². The molecule has 1 fully saturated rings. The molecule has 158 valence electrons. The fraction of sp³-hybridized carbons (Fsp3) is 0.200. The molecule has 4 heterocycles. The first-order chi connectivity index (χ1) is 15.8. The molecule has 0 amide bonds. The Balaban J connectivity index is 1.28. The number of piperazine rings is 1. The number of benzene rings is 2. The summed E-state index contributed by atoms with van der Waals surface area (Å²) in [6.45, 7) is 5.60. The number of para-hydroxylation sites is 1. The average Bonchev–Trinajstić information content (AvgIpc) is 3.33. The summed E-state index contributed by atoms with van der Waals surface area (Å²) in [7, 11) is 0. The van der Waals surface area contributed by atoms with Gasteiger partial charge in [0.15, 0.2) is 11.5 Å². The van der Waals surface area contributed by atoms with Gasteiger partial charge in [-0.05, 0) is 24.6 Å². The van der Waals surface area contributed by atoms with Crippen LogP contribution in [0.1, 0.15) is 5.56 Å². The third-order valence-corrected chi connectivity index (χ3v) is 6.17. The molecule has 7 nitrogen and oxygen atoms in total. The van der Waals surface area contributed by atoms with Gasteiger partial charge in [-0.1, -0.05) is 48.0 Å². The molecular weight excluding hydrogens is 398 g/mol. The minimum Gasteiger partial charge on any atom is -0.353 e. The number of aryl methyl sites for hydroxylation is 1. The lowest BCUT2D eigenvalue weighted by molar-refractivity contribution is 0.643. The summed E-state index contributed by atoms with van der Waals surface area (Å²) < 4.78 is 0. The van der Waals surface area contributed by atoms with Crippen molar-refractivity contribution >= 4 is 33.7 Å². The van der Waals surface area contributed by atoms with Gasteiger partial charge in [0.2, 0.25) is 0 Å². The lowest BCUT2D eigenvalue weighted by Gasteiger charge is -2.36. The van der Waals surface area contributed by atoms with E-state index >= 15 is 0 Å². The molecule has 32 heavy (non-hydrogen) atoms. The lowest BCUT2D eigenvalue weighted by Crippen LogP contribution is -2.47. The Labute approximate surface area is 185 Å². The normalized spacial score (nSPS) is 14.4. The summed E-state index contributed by atoms with van der Waals surface area (Å²) in [6, 6.07) is 19.4. The van der Waals surface area contributed by atoms with Crippen LogP contribution in [0.4, 0.5) is 11.6 Å². The highest BCUT2D eigenvalue weighted by Gasteiger charge is 2.22. The summed E-state index contributed by atoms with van der Waals surface area (Å²) in [6.07, 6.45) is 3.26. The van der Waals surface area contributed by atoms with E-state index in [1.54, 1.807) is 12.7 Å². The van der Waals surface area contributed by atoms with Gasteiger partial charge in [0.05, 0.1) is 11.8 Å². The molecule has 0 spiro atoms. The van der Waals surface area contributed by atoms with E-state index in [0.29, 0.717) is 5.65 Å². The van der Waals surface area contributed by atoms with Crippen molar-refractivity contribution in [2.75, 3.05) is 36.0 Å². The van der Waals surface area contributed by atoms with Gasteiger partial charge in [-0.2, -0.15) is 0 Å². The Bertz CT molecular complexity index is 1400. The molecule has 0 bridgehead atoms. The van der Waals surface area contributed by atoms with Gasteiger partial charge >= 0.3 is 0 Å². The van der Waals surface area contributed by atoms with Crippen molar-refractivity contribution in [2.24, 2.45) is 0 Å². The van der Waals surface area contributed by atoms with Crippen LogP contribution >= 0.6 is 0 Å². The van der Waals surface area contributed by atoms with Gasteiger partial charge in [0, 0.05) is 37.1 Å². The van der Waals surface area contributed by atoms with Crippen molar-refractivity contribution in [3.05, 3.63) is 72.8 Å². The van der Waals surface area contributed by atoms with E-state index in [0.717, 1.165) is 54.2 Å². The number of anilines is 2. The van der Waals surface area contributed by atoms with Crippen molar-refractivity contribution in [1.82, 2.24) is 24.9 Å². The molecule has 7 heteroatoms. The molecule has 5 aromatic rings. The summed E-state index contributed by atoms with van der Waals surface area (Å²) in [5.41, 5.74) is 6.28. The van der Waals surface area contributed by atoms with Crippen LogP contribution in [-0.2, 0) is 0 Å². The van der Waals surface area contributed by atoms with Gasteiger partial charge in [-0.3, -0.25) is 0 Å². The summed E-state index contributed by atoms with van der Waals surface area (Å²) >= 11 is 0. The molecule has 0 saturated carbocycles. The van der Waals surface area contributed by atoms with Crippen LogP contribution in [0.3, 0.4) is 0 Å². The first-order valence-electron chi connectivity index (χ1n) is 10.9. The van der Waals surface area contributed by atoms with Crippen molar-refractivity contribution < 1.29 is 0 Å². The molecule has 0 aliphatic carbocycles. The maximum absolute atomic E-state index is 5.10. The molecule has 0 unspecified atom stereocenters. The standard InChI is InChI=1S/C25H23N7/c1-17-5-7-18(8-6-17)20-4-2-3-19-9-10-21(30-22(19)20)31-11-13-32(14-12-31)25-23-24(27-15-26-23)28-16-29-25/h2-10,15-16H,11-14H2,1H3,(H,26,27,28,29). The molecule has 3 aromatic heterocycles. The molecule has 1 saturated heterocycles. The topological polar surface area (TPSA) is 73.8 Å². The Morgan fingerprint density at radius 2 is 1.62 bits per heavy atom. The lowest BCUT2D eigenvalue weighted by atomic mass is 10.0. The molecule has 0 radical (unpaired) electrons. The van der Waals surface area contributed by atoms with Gasteiger partial charge < -0.3 is 14.8 Å². The molecule has 2 aromatic carbocycles. The number of hydrogen-bond donors (Lipinski definition) is 1. The third-order valence-electron chi connectivity index (χ3n) is 6.17. The highest BCUT2D eigenvalue weighted by molar-refractivity contribution is 5.94. The van der Waals surface area contributed by atoms with Crippen LogP contribution < -0.4 is 9.80 Å². The van der Waals surface area contributed by atoms with Crippen LogP contribution in [0, 0.1) is 6.92 Å². The smallest absolute Gasteiger partial charge is 0.182 e. The van der Waals surface area contributed by atoms with E-state index in [2.05, 4.69) is 91.3 Å². The molecule has 0 atom stereocenters. The van der Waals surface area contributed by atoms with Crippen LogP contribution in [0.2, 0.25) is 0 Å². The zero-order valence-electron chi connectivity index (χ0n) is 17.9. The number of imidazole rings is 1. The number of nitrogens with zero attached hydrogens (tertiary/aromatic N) is 6. The highest BCUT2D eigenvalue weighted by atomic mass is 15.3. The molecular formula is C25H23N7. The van der Waals surface area contributed by atoms with Crippen molar-refractivity contribution in [1.29, 1.82) is 0 Å². The number of pyridine rings is 1. The third kappa shape index (κ3) is 3.22. The summed E-state index contributed by atoms with van der Waals surface area (Å²) in [4.78, 5) is 25.9. The predicted molar refractivity (Wildman–Crippen MR) is 128 cm³/mol. The number of aromatic amines is 1. The number of rotatable bonds is 3. The van der Waals surface area contributed by atoms with E-state index in [9.17, 15) is 0 Å². The Morgan fingerprint density at radius 3 is 2.47 bits per heavy atom. The number of fused-ring (bicyclic) bond motifs is 2. The molecule has 6 rings (SSSR count). The van der Waals surface area contributed by atoms with Gasteiger partial charge in [-0.25, -0.2) is 19.9 Å². The maximum Gasteiger partial charge on any atom is 0.182 e. The number of aromatic nitrogens is 5. The SMILES string of the molecule is Cc1ccc(-c2cccc3ccc(N4CCN(c5ncnc6nc[nH]c56)CC4)nc23)cc1. The second kappa shape index (κ2) is 7.60. The Morgan fingerprint density at radius 1 is 0.812 bits per heavy atom. The second-order valence-electron chi connectivity index (χ2n) is 8.19. The second-order valence-corrected chi connectivity index (χ2v) is 8.19. The van der Waals surface area contributed by atoms with Crippen LogP contribution in [0.25, 0.3) is 33.2 Å². The van der Waals surface area contributed by atoms with E-state index in [1.807, 2.05) is 0 Å². The Hall–Kier alpha value is -4.00. The summed E-state index contributed by atoms with van der Waals surface area (Å²) in [5.74, 6) is 1.94. The average molecular weight is 422 g/mol. The van der Waals surface area contributed by atoms with Crippen LogP contribution in [0.5, 0.6) is 0 Å². The minimum atomic E-state index is 0.706. The first kappa shape index (κ1) is 18.7. The van der Waals surface area contributed by atoms with E-state index in [1.165, 1.54) is 16.7 Å². The first-order valence-corrected chi connectivity index (χ1v) is 10.9. The van der Waals surface area contributed by atoms with Crippen LogP contribution in [0.15, 0.2) is 67.3 Å². The number of H-pyrrole nitrogens is 1. The molecule has 1 aliphatic heterocycles. The minimum absolute atomic E-state index is 0.706. The zero-order chi connectivity index (χ0) is 21.5. The summed E-state index contributed by atoms with van der Waals surface area (Å²) in [5, 5.41) is 1.16. The number of hydrogen-bond acceptors (Lipinski definition) is 6. The van der Waals surface area contributed by atoms with Gasteiger partial charge in [0.25, 0.3) is 0 Å². The largest absolute Gasteiger partial charge is 0.353 e. The van der Waals surface area contributed by atoms with Crippen molar-refractivity contribution in [2.45, 2.75) is 6.92 Å². The highest BCUT2D eigenvalue weighted by Crippen LogP contribution is 2.30. The predicted octanol–water partition coefficient (Wildman–Crippen LogP) is 4.20. The maximum atomic E-state index is 5.10. The molecule has 1 aliphatic rings. The number of nitrogens with one attached hydrogen (secondary N) is 1. The quantitative estimate of drug-likeness (QED) is 0.471.